The van der Waals surface area contributed by atoms with Gasteiger partial charge >= 0.3 is 0 Å². The summed E-state index contributed by atoms with van der Waals surface area (Å²) in [5.41, 5.74) is 0.0658. The lowest BCUT2D eigenvalue weighted by Gasteiger charge is -2.39. The molecule has 0 spiro atoms. The van der Waals surface area contributed by atoms with E-state index in [-0.39, 0.29) is 21.9 Å². The first-order chi connectivity index (χ1) is 15.2. The Kier molecular flexibility index (Phi) is 6.55. The van der Waals surface area contributed by atoms with Crippen LogP contribution in [0.1, 0.15) is 39.2 Å². The zero-order valence-corrected chi connectivity index (χ0v) is 20.5. The summed E-state index contributed by atoms with van der Waals surface area (Å²) in [5.74, 6) is -1.27. The van der Waals surface area contributed by atoms with Gasteiger partial charge in [0.05, 0.1) is 21.9 Å². The number of nitrogens with two attached hydrogens (primary N) is 1. The summed E-state index contributed by atoms with van der Waals surface area (Å²) in [6.07, 6.45) is 0.0728. The van der Waals surface area contributed by atoms with Crippen LogP contribution in [0.5, 0.6) is 0 Å². The summed E-state index contributed by atoms with van der Waals surface area (Å²) >= 11 is 0. The summed E-state index contributed by atoms with van der Waals surface area (Å²) in [7, 11) is -8.07. The fraction of sp³-hybridized carbons (Fsp3) is 0.364. The average molecular weight is 494 g/mol. The van der Waals surface area contributed by atoms with Crippen LogP contribution < -0.4 is 10.0 Å². The van der Waals surface area contributed by atoms with E-state index < -0.39 is 43.4 Å². The lowest BCUT2D eigenvalue weighted by molar-refractivity contribution is -0.122. The molecule has 2 amide bonds. The van der Waals surface area contributed by atoms with Crippen LogP contribution in [0.4, 0.5) is 5.69 Å². The van der Waals surface area contributed by atoms with Crippen molar-refractivity contribution in [1.82, 2.24) is 4.31 Å². The SMILES string of the molecule is CCC(C)(C)N(C1CC(=O)N(c2ccc(S(N)(=O)=O)cc2)C1=O)S(=O)(=O)c1ccc(C)cc1. The third kappa shape index (κ3) is 4.72. The van der Waals surface area contributed by atoms with Gasteiger partial charge in [-0.05, 0) is 63.6 Å². The Labute approximate surface area is 194 Å². The molecule has 2 aromatic carbocycles. The quantitative estimate of drug-likeness (QED) is 0.587. The van der Waals surface area contributed by atoms with E-state index in [1.807, 2.05) is 13.8 Å². The van der Waals surface area contributed by atoms with Crippen LogP contribution in [-0.2, 0) is 29.6 Å². The fourth-order valence-electron chi connectivity index (χ4n) is 3.75. The maximum absolute atomic E-state index is 13.6. The predicted octanol–water partition coefficient (Wildman–Crippen LogP) is 2.15. The minimum Gasteiger partial charge on any atom is -0.274 e. The lowest BCUT2D eigenvalue weighted by Crippen LogP contribution is -2.55. The second kappa shape index (κ2) is 8.64. The molecule has 178 valence electrons. The zero-order valence-electron chi connectivity index (χ0n) is 18.8. The molecule has 1 heterocycles. The van der Waals surface area contributed by atoms with Gasteiger partial charge in [-0.25, -0.2) is 26.9 Å². The number of carbonyl (C=O) groups excluding carboxylic acids is 2. The highest BCUT2D eigenvalue weighted by atomic mass is 32.2. The molecule has 0 aliphatic carbocycles. The van der Waals surface area contributed by atoms with Crippen molar-refractivity contribution in [3.63, 3.8) is 0 Å². The molecule has 0 bridgehead atoms. The molecule has 0 radical (unpaired) electrons. The third-order valence-corrected chi connectivity index (χ3v) is 8.93. The first-order valence-electron chi connectivity index (χ1n) is 10.3. The number of carbonyl (C=O) groups is 2. The normalized spacial score (nSPS) is 17.8. The summed E-state index contributed by atoms with van der Waals surface area (Å²) in [5, 5.41) is 5.10. The summed E-state index contributed by atoms with van der Waals surface area (Å²) in [6.45, 7) is 7.06. The summed E-state index contributed by atoms with van der Waals surface area (Å²) in [4.78, 5) is 27.0. The molecule has 9 nitrogen and oxygen atoms in total. The molecule has 33 heavy (non-hydrogen) atoms. The number of anilines is 1. The Morgan fingerprint density at radius 3 is 1.97 bits per heavy atom. The molecule has 1 aliphatic rings. The topological polar surface area (TPSA) is 135 Å². The zero-order chi connectivity index (χ0) is 24.8. The minimum atomic E-state index is -4.12. The van der Waals surface area contributed by atoms with E-state index >= 15 is 0 Å². The van der Waals surface area contributed by atoms with Gasteiger partial charge in [0.25, 0.3) is 5.91 Å². The van der Waals surface area contributed by atoms with Crippen molar-refractivity contribution in [2.75, 3.05) is 4.90 Å². The molecule has 1 atom stereocenters. The Morgan fingerprint density at radius 1 is 0.970 bits per heavy atom. The van der Waals surface area contributed by atoms with Crippen LogP contribution in [0.2, 0.25) is 0 Å². The number of rotatable bonds is 7. The van der Waals surface area contributed by atoms with E-state index in [9.17, 15) is 26.4 Å². The molecule has 11 heteroatoms. The van der Waals surface area contributed by atoms with Gasteiger partial charge in [-0.15, -0.1) is 0 Å². The number of nitrogens with zero attached hydrogens (tertiary/aromatic N) is 2. The molecule has 2 aromatic rings. The third-order valence-electron chi connectivity index (χ3n) is 5.87. The van der Waals surface area contributed by atoms with Crippen LogP contribution in [0.25, 0.3) is 0 Å². The van der Waals surface area contributed by atoms with Crippen molar-refractivity contribution in [2.45, 2.75) is 61.9 Å². The molecule has 2 N–H and O–H groups in total. The maximum atomic E-state index is 13.6. The number of benzene rings is 2. The molecule has 3 rings (SSSR count). The van der Waals surface area contributed by atoms with Gasteiger partial charge in [-0.2, -0.15) is 4.31 Å². The van der Waals surface area contributed by atoms with Gasteiger partial charge in [0, 0.05) is 5.54 Å². The Balaban J connectivity index is 2.05. The van der Waals surface area contributed by atoms with E-state index in [2.05, 4.69) is 0 Å². The van der Waals surface area contributed by atoms with Crippen molar-refractivity contribution in [2.24, 2.45) is 5.14 Å². The van der Waals surface area contributed by atoms with Gasteiger partial charge in [0.15, 0.2) is 0 Å². The molecular weight excluding hydrogens is 466 g/mol. The molecule has 0 aromatic heterocycles. The number of aryl methyl sites for hydroxylation is 1. The number of amides is 2. The first-order valence-corrected chi connectivity index (χ1v) is 13.3. The van der Waals surface area contributed by atoms with E-state index in [0.29, 0.717) is 6.42 Å². The van der Waals surface area contributed by atoms with E-state index in [0.717, 1.165) is 14.8 Å². The lowest BCUT2D eigenvalue weighted by atomic mass is 10.00. The Hall–Kier alpha value is -2.60. The van der Waals surface area contributed by atoms with Crippen LogP contribution in [0.3, 0.4) is 0 Å². The highest BCUT2D eigenvalue weighted by Gasteiger charge is 2.51. The maximum Gasteiger partial charge on any atom is 0.252 e. The van der Waals surface area contributed by atoms with E-state index in [4.69, 9.17) is 5.14 Å². The number of hydrogen-bond acceptors (Lipinski definition) is 6. The molecule has 1 unspecified atom stereocenters. The highest BCUT2D eigenvalue weighted by molar-refractivity contribution is 7.89. The van der Waals surface area contributed by atoms with Crippen molar-refractivity contribution in [3.8, 4) is 0 Å². The molecule has 0 saturated carbocycles. The van der Waals surface area contributed by atoms with Crippen LogP contribution >= 0.6 is 0 Å². The molecule has 1 saturated heterocycles. The van der Waals surface area contributed by atoms with Crippen molar-refractivity contribution < 1.29 is 26.4 Å². The predicted molar refractivity (Wildman–Crippen MR) is 123 cm³/mol. The largest absolute Gasteiger partial charge is 0.274 e. The highest BCUT2D eigenvalue weighted by Crippen LogP contribution is 2.35. The molecule has 1 aliphatic heterocycles. The minimum absolute atomic E-state index is 0.0332. The fourth-order valence-corrected chi connectivity index (χ4v) is 6.25. The van der Waals surface area contributed by atoms with Crippen molar-refractivity contribution >= 4 is 37.5 Å². The standard InChI is InChI=1S/C22H27N3O6S2/c1-5-22(3,4)25(33(30,31)18-10-6-15(2)7-11-18)19-14-20(26)24(21(19)27)16-8-12-17(13-9-16)32(23,28)29/h6-13,19H,5,14H2,1-4H3,(H2,23,28,29). The van der Waals surface area contributed by atoms with Gasteiger partial charge in [0.1, 0.15) is 6.04 Å². The van der Waals surface area contributed by atoms with Gasteiger partial charge in [0.2, 0.25) is 26.0 Å². The number of primary sulfonamides is 1. The van der Waals surface area contributed by atoms with Gasteiger partial charge in [-0.3, -0.25) is 9.59 Å². The van der Waals surface area contributed by atoms with Crippen LogP contribution in [-0.4, -0.2) is 44.5 Å². The monoisotopic (exact) mass is 493 g/mol. The Morgan fingerprint density at radius 2 is 1.48 bits per heavy atom. The van der Waals surface area contributed by atoms with Gasteiger partial charge < -0.3 is 0 Å². The summed E-state index contributed by atoms with van der Waals surface area (Å²) in [6, 6.07) is 10.0. The van der Waals surface area contributed by atoms with Crippen LogP contribution in [0, 0.1) is 6.92 Å². The van der Waals surface area contributed by atoms with Crippen molar-refractivity contribution in [3.05, 3.63) is 54.1 Å². The van der Waals surface area contributed by atoms with Gasteiger partial charge in [-0.1, -0.05) is 24.6 Å². The first kappa shape index (κ1) is 25.0. The molecule has 1 fully saturated rings. The second-order valence-electron chi connectivity index (χ2n) is 8.61. The number of imide groups is 1. The Bertz CT molecular complexity index is 1280. The number of sulfonamides is 2. The van der Waals surface area contributed by atoms with Crippen molar-refractivity contribution in [1.29, 1.82) is 0 Å². The van der Waals surface area contributed by atoms with Crippen LogP contribution in [0.15, 0.2) is 58.3 Å². The van der Waals surface area contributed by atoms with E-state index in [1.54, 1.807) is 26.0 Å². The smallest absolute Gasteiger partial charge is 0.252 e. The van der Waals surface area contributed by atoms with E-state index in [1.165, 1.54) is 36.4 Å². The summed E-state index contributed by atoms with van der Waals surface area (Å²) < 4.78 is 51.4. The number of hydrogen-bond donors (Lipinski definition) is 1. The molecular formula is C22H27N3O6S2. The average Bonchev–Trinajstić information content (AvgIpc) is 3.01. The second-order valence-corrected chi connectivity index (χ2v) is 12.0.